The number of carbonyl (C=O) groups is 4. The molecule has 2 fully saturated rings. The van der Waals surface area contributed by atoms with Crippen LogP contribution in [0.5, 0.6) is 17.2 Å². The third-order valence-corrected chi connectivity index (χ3v) is 10.7. The van der Waals surface area contributed by atoms with E-state index in [1.165, 1.54) is 25.5 Å². The highest BCUT2D eigenvalue weighted by Gasteiger charge is 2.81. The van der Waals surface area contributed by atoms with Gasteiger partial charge in [0.2, 0.25) is 0 Å². The second-order valence-corrected chi connectivity index (χ2v) is 15.3. The molecule has 4 bridgehead atoms. The summed E-state index contributed by atoms with van der Waals surface area (Å²) in [6, 6.07) is 0. The second-order valence-electron chi connectivity index (χ2n) is 15.3. The average molecular weight is 671 g/mol. The van der Waals surface area contributed by atoms with Gasteiger partial charge in [0.25, 0.3) is 0 Å². The van der Waals surface area contributed by atoms with Crippen LogP contribution >= 0.6 is 0 Å². The standard InChI is InChI=1S/C40H46O9/c1-21(2)11-10-16-38(9)17-15-27-32(47-38)26(13-12-22(3)4)34-30(33(27)46-24(6)41)31(42)28-19-25-20-29-37(7,8)49-39(35(25)43,40(28,29)48-34)18-14-23(5)36(44)45/h11-12,14-15,17,19,25,29H,10,13,16,18,20H2,1-9H3,(H,44,45)/t25-,29+,38+,39-,40+/m1/s1. The molecule has 7 rings (SSSR count). The second kappa shape index (κ2) is 11.7. The van der Waals surface area contributed by atoms with E-state index in [0.29, 0.717) is 36.1 Å². The molecule has 0 amide bonds. The molecule has 1 spiro atoms. The molecule has 5 atom stereocenters. The molecule has 260 valence electrons. The minimum absolute atomic E-state index is 0.0535. The van der Waals surface area contributed by atoms with E-state index in [9.17, 15) is 19.5 Å². The van der Waals surface area contributed by atoms with E-state index < -0.39 is 52.0 Å². The summed E-state index contributed by atoms with van der Waals surface area (Å²) in [7, 11) is 0. The van der Waals surface area contributed by atoms with Crippen LogP contribution in [0.2, 0.25) is 0 Å². The largest absolute Gasteiger partial charge is 0.482 e. The Labute approximate surface area is 287 Å². The molecule has 9 heteroatoms. The van der Waals surface area contributed by atoms with E-state index in [0.717, 1.165) is 12.0 Å². The zero-order chi connectivity index (χ0) is 35.8. The number of carboxylic acid groups (broad SMARTS) is 1. The van der Waals surface area contributed by atoms with E-state index >= 15 is 4.79 Å². The van der Waals surface area contributed by atoms with Gasteiger partial charge in [-0.05, 0) is 93.2 Å². The van der Waals surface area contributed by atoms with Gasteiger partial charge in [-0.1, -0.05) is 35.5 Å². The maximum Gasteiger partial charge on any atom is 0.330 e. The highest BCUT2D eigenvalue weighted by molar-refractivity contribution is 6.19. The lowest BCUT2D eigenvalue weighted by Crippen LogP contribution is -2.72. The molecular formula is C40H46O9. The average Bonchev–Trinajstić information content (AvgIpc) is 3.15. The Bertz CT molecular complexity index is 1840. The number of carbonyl (C=O) groups excluding carboxylic acids is 3. The number of fused-ring (bicyclic) bond motifs is 2. The fourth-order valence-electron chi connectivity index (χ4n) is 8.41. The van der Waals surface area contributed by atoms with Crippen LogP contribution < -0.4 is 14.2 Å². The van der Waals surface area contributed by atoms with Crippen molar-refractivity contribution in [2.24, 2.45) is 11.8 Å². The van der Waals surface area contributed by atoms with Crippen molar-refractivity contribution < 1.29 is 43.2 Å². The van der Waals surface area contributed by atoms with Gasteiger partial charge in [-0.25, -0.2) is 4.79 Å². The Balaban J connectivity index is 1.64. The number of rotatable bonds is 9. The molecule has 3 heterocycles. The Morgan fingerprint density at radius 3 is 2.31 bits per heavy atom. The van der Waals surface area contributed by atoms with Gasteiger partial charge in [0.1, 0.15) is 22.7 Å². The van der Waals surface area contributed by atoms with E-state index in [-0.39, 0.29) is 40.4 Å². The topological polar surface area (TPSA) is 125 Å². The Morgan fingerprint density at radius 2 is 1.67 bits per heavy atom. The van der Waals surface area contributed by atoms with Gasteiger partial charge in [-0.2, -0.15) is 0 Å². The highest BCUT2D eigenvalue weighted by Crippen LogP contribution is 2.68. The first-order valence-electron chi connectivity index (χ1n) is 17.0. The van der Waals surface area contributed by atoms with Crippen LogP contribution in [-0.4, -0.2) is 51.0 Å². The summed E-state index contributed by atoms with van der Waals surface area (Å²) in [5.74, 6) is -2.71. The number of hydrogen-bond acceptors (Lipinski definition) is 8. The van der Waals surface area contributed by atoms with E-state index in [1.807, 2.05) is 66.7 Å². The lowest BCUT2D eigenvalue weighted by atomic mass is 9.51. The number of ketones is 2. The van der Waals surface area contributed by atoms with E-state index in [1.54, 1.807) is 6.08 Å². The molecule has 1 saturated heterocycles. The quantitative estimate of drug-likeness (QED) is 0.123. The summed E-state index contributed by atoms with van der Waals surface area (Å²) in [4.78, 5) is 54.0. The normalized spacial score (nSPS) is 29.9. The first-order valence-corrected chi connectivity index (χ1v) is 17.0. The molecule has 49 heavy (non-hydrogen) atoms. The van der Waals surface area contributed by atoms with Crippen LogP contribution in [-0.2, 0) is 25.5 Å². The van der Waals surface area contributed by atoms with Crippen molar-refractivity contribution in [1.29, 1.82) is 0 Å². The highest BCUT2D eigenvalue weighted by atomic mass is 16.6. The first-order chi connectivity index (χ1) is 22.9. The molecule has 6 aliphatic rings. The van der Waals surface area contributed by atoms with Gasteiger partial charge in [0.15, 0.2) is 28.5 Å². The Hall–Kier alpha value is -4.24. The van der Waals surface area contributed by atoms with Crippen molar-refractivity contribution in [2.45, 2.75) is 117 Å². The van der Waals surface area contributed by atoms with Gasteiger partial charge < -0.3 is 24.1 Å². The fourth-order valence-corrected chi connectivity index (χ4v) is 8.41. The van der Waals surface area contributed by atoms with Crippen LogP contribution in [0.1, 0.15) is 109 Å². The number of esters is 1. The number of hydrogen-bond donors (Lipinski definition) is 1. The van der Waals surface area contributed by atoms with Crippen molar-refractivity contribution >= 4 is 29.6 Å². The minimum Gasteiger partial charge on any atom is -0.482 e. The zero-order valence-electron chi connectivity index (χ0n) is 29.9. The molecule has 1 aromatic rings. The number of benzene rings is 1. The smallest absolute Gasteiger partial charge is 0.330 e. The lowest BCUT2D eigenvalue weighted by molar-refractivity contribution is -0.171. The van der Waals surface area contributed by atoms with Gasteiger partial charge >= 0.3 is 11.9 Å². The molecule has 0 aromatic heterocycles. The molecule has 1 saturated carbocycles. The summed E-state index contributed by atoms with van der Waals surface area (Å²) < 4.78 is 26.7. The minimum atomic E-state index is -1.66. The van der Waals surface area contributed by atoms with Gasteiger partial charge in [0, 0.05) is 41.9 Å². The number of carboxylic acids is 1. The van der Waals surface area contributed by atoms with Crippen LogP contribution in [0.3, 0.4) is 0 Å². The van der Waals surface area contributed by atoms with Crippen molar-refractivity contribution in [3.63, 3.8) is 0 Å². The molecule has 1 N–H and O–H groups in total. The van der Waals surface area contributed by atoms with E-state index in [4.69, 9.17) is 18.9 Å². The monoisotopic (exact) mass is 670 g/mol. The maximum atomic E-state index is 15.1. The van der Waals surface area contributed by atoms with Crippen molar-refractivity contribution in [1.82, 2.24) is 0 Å². The fraction of sp³-hybridized carbons (Fsp3) is 0.500. The van der Waals surface area contributed by atoms with Crippen molar-refractivity contribution in [3.8, 4) is 17.2 Å². The molecule has 3 aliphatic carbocycles. The van der Waals surface area contributed by atoms with Gasteiger partial charge in [-0.15, -0.1) is 0 Å². The predicted octanol–water partition coefficient (Wildman–Crippen LogP) is 7.46. The first kappa shape index (κ1) is 34.6. The summed E-state index contributed by atoms with van der Waals surface area (Å²) in [6.07, 6.45) is 13.3. The summed E-state index contributed by atoms with van der Waals surface area (Å²) in [5.41, 5.74) is -1.08. The molecule has 3 aliphatic heterocycles. The van der Waals surface area contributed by atoms with Crippen LogP contribution in [0.4, 0.5) is 0 Å². The predicted molar refractivity (Wildman–Crippen MR) is 184 cm³/mol. The molecular weight excluding hydrogens is 624 g/mol. The molecule has 1 aromatic carbocycles. The molecule has 0 unspecified atom stereocenters. The summed E-state index contributed by atoms with van der Waals surface area (Å²) in [6.45, 7) is 16.6. The Morgan fingerprint density at radius 1 is 0.980 bits per heavy atom. The number of aliphatic carboxylic acids is 1. The molecule has 0 radical (unpaired) electrons. The van der Waals surface area contributed by atoms with Gasteiger partial charge in [0.05, 0.1) is 11.2 Å². The van der Waals surface area contributed by atoms with Crippen LogP contribution in [0, 0.1) is 11.8 Å². The van der Waals surface area contributed by atoms with Crippen molar-refractivity contribution in [2.75, 3.05) is 0 Å². The van der Waals surface area contributed by atoms with Gasteiger partial charge in [-0.3, -0.25) is 14.4 Å². The number of Topliss-reactive ketones (excluding diaryl/α,β-unsaturated/α-hetero) is 2. The van der Waals surface area contributed by atoms with Crippen LogP contribution in [0.25, 0.3) is 6.08 Å². The lowest BCUT2D eigenvalue weighted by Gasteiger charge is -2.56. The van der Waals surface area contributed by atoms with Crippen molar-refractivity contribution in [3.05, 3.63) is 69.4 Å². The Kier molecular flexibility index (Phi) is 8.25. The SMILES string of the molecule is CC(=O)Oc1c2c(c(CC=C(C)C)c3c1C(=O)C1=C[C@@H]4C[C@H]5C(C)(C)O[C@](CC=C(C)C(=O)O)(C4=O)[C@]15O3)O[C@@](C)(CCC=C(C)C)C=C2. The number of allylic oxidation sites excluding steroid dienone is 5. The maximum absolute atomic E-state index is 15.1. The summed E-state index contributed by atoms with van der Waals surface area (Å²) in [5, 5.41) is 9.70. The zero-order valence-corrected chi connectivity index (χ0v) is 29.9. The molecule has 9 nitrogen and oxygen atoms in total. The third-order valence-electron chi connectivity index (χ3n) is 10.7. The number of ether oxygens (including phenoxy) is 4. The summed E-state index contributed by atoms with van der Waals surface area (Å²) >= 11 is 0. The third kappa shape index (κ3) is 5.23. The van der Waals surface area contributed by atoms with Crippen LogP contribution in [0.15, 0.2) is 52.7 Å². The van der Waals surface area contributed by atoms with E-state index in [2.05, 4.69) is 6.08 Å².